The third kappa shape index (κ3) is 3.90. The first-order chi connectivity index (χ1) is 15.4. The Balaban J connectivity index is 1.80. The standard InChI is InChI=1S/C22H21ClN6O3/c1-27-19-18(20(30)28(2)22(27)31)29(13-15-6-4-5-7-17(15)23)21(25-19)26-24-12-14-8-10-16(32-3)11-9-14/h4-12H,13H2,1-3H3,(H,25,26)/b24-12+. The second-order valence-corrected chi connectivity index (χ2v) is 7.54. The molecule has 0 aliphatic heterocycles. The van der Waals surface area contributed by atoms with Gasteiger partial charge in [-0.05, 0) is 41.5 Å². The number of rotatable bonds is 6. The van der Waals surface area contributed by atoms with E-state index >= 15 is 0 Å². The van der Waals surface area contributed by atoms with Gasteiger partial charge in [-0.3, -0.25) is 18.5 Å². The molecule has 0 aliphatic carbocycles. The van der Waals surface area contributed by atoms with Gasteiger partial charge in [0.05, 0.1) is 19.9 Å². The SMILES string of the molecule is COc1ccc(/C=N/Nc2nc3c(c(=O)n(C)c(=O)n3C)n2Cc2ccccc2Cl)cc1. The molecule has 1 N–H and O–H groups in total. The Morgan fingerprint density at radius 1 is 1.09 bits per heavy atom. The number of hydrogen-bond donors (Lipinski definition) is 1. The van der Waals surface area contributed by atoms with Gasteiger partial charge in [-0.15, -0.1) is 0 Å². The highest BCUT2D eigenvalue weighted by molar-refractivity contribution is 6.31. The summed E-state index contributed by atoms with van der Waals surface area (Å²) in [5.74, 6) is 1.05. The van der Waals surface area contributed by atoms with Crippen molar-refractivity contribution in [2.75, 3.05) is 12.5 Å². The van der Waals surface area contributed by atoms with Gasteiger partial charge in [0, 0.05) is 19.1 Å². The van der Waals surface area contributed by atoms with Crippen LogP contribution in [0, 0.1) is 0 Å². The summed E-state index contributed by atoms with van der Waals surface area (Å²) in [4.78, 5) is 29.8. The molecule has 0 radical (unpaired) electrons. The lowest BCUT2D eigenvalue weighted by molar-refractivity contribution is 0.415. The smallest absolute Gasteiger partial charge is 0.332 e. The highest BCUT2D eigenvalue weighted by Gasteiger charge is 2.19. The topological polar surface area (TPSA) is 95.4 Å². The fraction of sp³-hybridized carbons (Fsp3) is 0.182. The minimum atomic E-state index is -0.460. The molecule has 0 saturated carbocycles. The number of halogens is 1. The van der Waals surface area contributed by atoms with Gasteiger partial charge in [0.15, 0.2) is 11.2 Å². The van der Waals surface area contributed by atoms with E-state index in [0.29, 0.717) is 11.0 Å². The van der Waals surface area contributed by atoms with Crippen LogP contribution in [0.25, 0.3) is 11.2 Å². The van der Waals surface area contributed by atoms with Gasteiger partial charge in [0.2, 0.25) is 5.95 Å². The van der Waals surface area contributed by atoms with Gasteiger partial charge < -0.3 is 4.74 Å². The number of aromatic nitrogens is 4. The number of ether oxygens (including phenoxy) is 1. The monoisotopic (exact) mass is 452 g/mol. The number of imidazole rings is 1. The van der Waals surface area contributed by atoms with Crippen molar-refractivity contribution in [3.63, 3.8) is 0 Å². The molecular weight excluding hydrogens is 432 g/mol. The molecule has 164 valence electrons. The van der Waals surface area contributed by atoms with Crippen molar-refractivity contribution < 1.29 is 4.74 Å². The van der Waals surface area contributed by atoms with Crippen molar-refractivity contribution in [3.05, 3.63) is 85.5 Å². The van der Waals surface area contributed by atoms with Crippen molar-refractivity contribution in [3.8, 4) is 5.75 Å². The summed E-state index contributed by atoms with van der Waals surface area (Å²) < 4.78 is 9.21. The zero-order valence-electron chi connectivity index (χ0n) is 17.7. The predicted octanol–water partition coefficient (Wildman–Crippen LogP) is 2.59. The molecule has 9 nitrogen and oxygen atoms in total. The van der Waals surface area contributed by atoms with E-state index in [1.54, 1.807) is 31.0 Å². The predicted molar refractivity (Wildman–Crippen MR) is 125 cm³/mol. The summed E-state index contributed by atoms with van der Waals surface area (Å²) in [6.07, 6.45) is 1.62. The van der Waals surface area contributed by atoms with Crippen LogP contribution in [-0.2, 0) is 20.6 Å². The molecule has 0 saturated heterocycles. The number of hydrogen-bond acceptors (Lipinski definition) is 6. The first-order valence-electron chi connectivity index (χ1n) is 9.73. The zero-order chi connectivity index (χ0) is 22.8. The highest BCUT2D eigenvalue weighted by Crippen LogP contribution is 2.22. The summed E-state index contributed by atoms with van der Waals surface area (Å²) in [7, 11) is 4.61. The van der Waals surface area contributed by atoms with E-state index in [0.717, 1.165) is 21.4 Å². The molecule has 4 aromatic rings. The highest BCUT2D eigenvalue weighted by atomic mass is 35.5. The molecule has 2 aromatic carbocycles. The van der Waals surface area contributed by atoms with Crippen LogP contribution >= 0.6 is 11.6 Å². The van der Waals surface area contributed by atoms with Crippen LogP contribution in [-0.4, -0.2) is 32.0 Å². The summed E-state index contributed by atoms with van der Waals surface area (Å²) in [5, 5.41) is 4.82. The fourth-order valence-corrected chi connectivity index (χ4v) is 3.53. The molecule has 32 heavy (non-hydrogen) atoms. The number of benzene rings is 2. The maximum Gasteiger partial charge on any atom is 0.332 e. The lowest BCUT2D eigenvalue weighted by Gasteiger charge is -2.10. The second kappa shape index (κ2) is 8.72. The third-order valence-corrected chi connectivity index (χ3v) is 5.50. The minimum absolute atomic E-state index is 0.257. The Kier molecular flexibility index (Phi) is 5.83. The van der Waals surface area contributed by atoms with Crippen LogP contribution < -0.4 is 21.4 Å². The Labute approximate surface area is 188 Å². The second-order valence-electron chi connectivity index (χ2n) is 7.13. The van der Waals surface area contributed by atoms with E-state index in [1.165, 1.54) is 11.6 Å². The van der Waals surface area contributed by atoms with Crippen molar-refractivity contribution >= 4 is 34.9 Å². The molecule has 0 aliphatic rings. The van der Waals surface area contributed by atoms with Crippen molar-refractivity contribution in [2.45, 2.75) is 6.54 Å². The molecule has 0 bridgehead atoms. The van der Waals surface area contributed by atoms with E-state index in [4.69, 9.17) is 16.3 Å². The number of nitrogens with one attached hydrogen (secondary N) is 1. The lowest BCUT2D eigenvalue weighted by atomic mass is 10.2. The average Bonchev–Trinajstić information content (AvgIpc) is 3.16. The molecule has 4 rings (SSSR count). The summed E-state index contributed by atoms with van der Waals surface area (Å²) in [5.41, 5.74) is 4.16. The van der Waals surface area contributed by atoms with E-state index in [9.17, 15) is 9.59 Å². The van der Waals surface area contributed by atoms with Gasteiger partial charge in [-0.25, -0.2) is 10.2 Å². The maximum atomic E-state index is 12.9. The summed E-state index contributed by atoms with van der Waals surface area (Å²) in [6, 6.07) is 14.7. The Hall–Kier alpha value is -3.85. The van der Waals surface area contributed by atoms with Crippen LogP contribution in [0.1, 0.15) is 11.1 Å². The van der Waals surface area contributed by atoms with Gasteiger partial charge in [-0.1, -0.05) is 29.8 Å². The first kappa shape index (κ1) is 21.4. The van der Waals surface area contributed by atoms with Crippen molar-refractivity contribution in [2.24, 2.45) is 19.2 Å². The van der Waals surface area contributed by atoms with Crippen molar-refractivity contribution in [1.82, 2.24) is 18.7 Å². The van der Waals surface area contributed by atoms with E-state index in [1.807, 2.05) is 42.5 Å². The van der Waals surface area contributed by atoms with Gasteiger partial charge in [0.1, 0.15) is 5.75 Å². The largest absolute Gasteiger partial charge is 0.497 e. The number of hydrazone groups is 1. The Bertz CT molecular complexity index is 1430. The molecule has 0 spiro atoms. The number of fused-ring (bicyclic) bond motifs is 1. The van der Waals surface area contributed by atoms with Gasteiger partial charge >= 0.3 is 5.69 Å². The van der Waals surface area contributed by atoms with Crippen LogP contribution in [0.4, 0.5) is 5.95 Å². The molecule has 10 heteroatoms. The molecule has 0 amide bonds. The van der Waals surface area contributed by atoms with Gasteiger partial charge in [-0.2, -0.15) is 10.1 Å². The Morgan fingerprint density at radius 3 is 2.50 bits per heavy atom. The molecule has 0 fully saturated rings. The van der Waals surface area contributed by atoms with Crippen molar-refractivity contribution in [1.29, 1.82) is 0 Å². The molecular formula is C22H21ClN6O3. The Morgan fingerprint density at radius 2 is 1.81 bits per heavy atom. The molecule has 0 unspecified atom stereocenters. The van der Waals surface area contributed by atoms with Gasteiger partial charge in [0.25, 0.3) is 5.56 Å². The normalized spacial score (nSPS) is 11.4. The number of anilines is 1. The summed E-state index contributed by atoms with van der Waals surface area (Å²) in [6.45, 7) is 0.268. The quantitative estimate of drug-likeness (QED) is 0.358. The summed E-state index contributed by atoms with van der Waals surface area (Å²) >= 11 is 6.35. The average molecular weight is 453 g/mol. The van der Waals surface area contributed by atoms with E-state index in [2.05, 4.69) is 15.5 Å². The number of methoxy groups -OCH3 is 1. The van der Waals surface area contributed by atoms with Crippen LogP contribution in [0.2, 0.25) is 5.02 Å². The molecule has 2 aromatic heterocycles. The molecule has 0 atom stereocenters. The van der Waals surface area contributed by atoms with Crippen LogP contribution in [0.3, 0.4) is 0 Å². The number of nitrogens with zero attached hydrogens (tertiary/aromatic N) is 5. The zero-order valence-corrected chi connectivity index (χ0v) is 18.5. The van der Waals surface area contributed by atoms with Crippen LogP contribution in [0.5, 0.6) is 5.75 Å². The van der Waals surface area contributed by atoms with Crippen LogP contribution in [0.15, 0.2) is 63.2 Å². The molecule has 2 heterocycles. The number of aryl methyl sites for hydroxylation is 1. The third-order valence-electron chi connectivity index (χ3n) is 5.13. The minimum Gasteiger partial charge on any atom is -0.497 e. The fourth-order valence-electron chi connectivity index (χ4n) is 3.34. The first-order valence-corrected chi connectivity index (χ1v) is 10.1. The lowest BCUT2D eigenvalue weighted by Crippen LogP contribution is -2.37. The van der Waals surface area contributed by atoms with E-state index in [-0.39, 0.29) is 17.7 Å². The maximum absolute atomic E-state index is 12.9. The van der Waals surface area contributed by atoms with E-state index < -0.39 is 11.2 Å².